The zero-order chi connectivity index (χ0) is 18.3. The first-order valence-electron chi connectivity index (χ1n) is 8.02. The zero-order valence-corrected chi connectivity index (χ0v) is 13.5. The highest BCUT2D eigenvalue weighted by molar-refractivity contribution is 5.95. The summed E-state index contributed by atoms with van der Waals surface area (Å²) in [6.45, 7) is -0.362. The number of carbonyl (C=O) groups excluding carboxylic acids is 2. The summed E-state index contributed by atoms with van der Waals surface area (Å²) in [4.78, 5) is 23.6. The molecule has 0 saturated heterocycles. The molecule has 0 unspecified atom stereocenters. The lowest BCUT2D eigenvalue weighted by Crippen LogP contribution is -2.45. The largest absolute Gasteiger partial charge is 0.573 e. The van der Waals surface area contributed by atoms with Gasteiger partial charge in [0.15, 0.2) is 5.75 Å². The summed E-state index contributed by atoms with van der Waals surface area (Å²) in [6, 6.07) is 4.81. The molecular formula is C16H20F3N3O3. The van der Waals surface area contributed by atoms with Gasteiger partial charge in [0.05, 0.1) is 12.2 Å². The van der Waals surface area contributed by atoms with Gasteiger partial charge in [0.1, 0.15) is 0 Å². The maximum absolute atomic E-state index is 12.3. The number of alkyl halides is 3. The molecule has 1 fully saturated rings. The Morgan fingerprint density at radius 1 is 1.12 bits per heavy atom. The molecule has 6 nitrogen and oxygen atoms in total. The standard InChI is InChI=1S/C16H20F3N3O3/c17-16(18,19)25-13-9-5-4-8-12(13)22-14(23)10-20-15(24)21-11-6-2-1-3-7-11/h4-5,8-9,11H,1-3,6-7,10H2,(H,22,23)(H2,20,21,24). The summed E-state index contributed by atoms with van der Waals surface area (Å²) >= 11 is 0. The monoisotopic (exact) mass is 359 g/mol. The molecule has 0 atom stereocenters. The van der Waals surface area contributed by atoms with Gasteiger partial charge in [-0.2, -0.15) is 0 Å². The van der Waals surface area contributed by atoms with Crippen molar-refractivity contribution in [1.82, 2.24) is 10.6 Å². The van der Waals surface area contributed by atoms with Crippen LogP contribution in [0.2, 0.25) is 0 Å². The summed E-state index contributed by atoms with van der Waals surface area (Å²) < 4.78 is 40.9. The van der Waals surface area contributed by atoms with Crippen LogP contribution >= 0.6 is 0 Å². The van der Waals surface area contributed by atoms with Crippen molar-refractivity contribution in [1.29, 1.82) is 0 Å². The van der Waals surface area contributed by atoms with E-state index in [2.05, 4.69) is 20.7 Å². The number of halogens is 3. The summed E-state index contributed by atoms with van der Waals surface area (Å²) in [7, 11) is 0. The maximum Gasteiger partial charge on any atom is 0.573 e. The minimum absolute atomic E-state index is 0.0951. The molecule has 138 valence electrons. The van der Waals surface area contributed by atoms with Crippen molar-refractivity contribution in [2.45, 2.75) is 44.5 Å². The Balaban J connectivity index is 1.81. The average Bonchev–Trinajstić information content (AvgIpc) is 2.54. The number of anilines is 1. The molecule has 2 rings (SSSR count). The highest BCUT2D eigenvalue weighted by Gasteiger charge is 2.32. The number of nitrogens with one attached hydrogen (secondary N) is 3. The van der Waals surface area contributed by atoms with E-state index in [4.69, 9.17) is 0 Å². The van der Waals surface area contributed by atoms with Crippen LogP contribution in [0.3, 0.4) is 0 Å². The van der Waals surface area contributed by atoms with Gasteiger partial charge < -0.3 is 20.7 Å². The number of benzene rings is 1. The van der Waals surface area contributed by atoms with E-state index in [0.29, 0.717) is 0 Å². The molecule has 1 aromatic carbocycles. The first kappa shape index (κ1) is 18.9. The van der Waals surface area contributed by atoms with E-state index in [1.54, 1.807) is 0 Å². The molecule has 0 spiro atoms. The third kappa shape index (κ3) is 6.90. The van der Waals surface area contributed by atoms with Crippen LogP contribution in [0.25, 0.3) is 0 Å². The third-order valence-corrected chi connectivity index (χ3v) is 3.74. The number of rotatable bonds is 5. The second-order valence-electron chi connectivity index (χ2n) is 5.75. The molecule has 0 aliphatic heterocycles. The molecule has 9 heteroatoms. The summed E-state index contributed by atoms with van der Waals surface area (Å²) in [5, 5.41) is 7.46. The third-order valence-electron chi connectivity index (χ3n) is 3.74. The molecule has 1 aliphatic rings. The first-order chi connectivity index (χ1) is 11.8. The highest BCUT2D eigenvalue weighted by Crippen LogP contribution is 2.29. The number of hydrogen-bond donors (Lipinski definition) is 3. The van der Waals surface area contributed by atoms with E-state index in [-0.39, 0.29) is 18.3 Å². The Morgan fingerprint density at radius 2 is 1.80 bits per heavy atom. The van der Waals surface area contributed by atoms with Crippen molar-refractivity contribution in [3.63, 3.8) is 0 Å². The SMILES string of the molecule is O=C(CNC(=O)NC1CCCCC1)Nc1ccccc1OC(F)(F)F. The van der Waals surface area contributed by atoms with Gasteiger partial charge in [-0.1, -0.05) is 31.4 Å². The van der Waals surface area contributed by atoms with Gasteiger partial charge >= 0.3 is 12.4 Å². The van der Waals surface area contributed by atoms with Gasteiger partial charge in [-0.15, -0.1) is 13.2 Å². The predicted octanol–water partition coefficient (Wildman–Crippen LogP) is 3.16. The van der Waals surface area contributed by atoms with Crippen LogP contribution in [0.5, 0.6) is 5.75 Å². The molecular weight excluding hydrogens is 339 g/mol. The Bertz CT molecular complexity index is 602. The molecule has 1 saturated carbocycles. The van der Waals surface area contributed by atoms with Crippen molar-refractivity contribution in [3.8, 4) is 5.75 Å². The molecule has 0 heterocycles. The molecule has 0 radical (unpaired) electrons. The van der Waals surface area contributed by atoms with Gasteiger partial charge in [-0.05, 0) is 25.0 Å². The van der Waals surface area contributed by atoms with E-state index in [1.165, 1.54) is 18.2 Å². The minimum Gasteiger partial charge on any atom is -0.404 e. The number of hydrogen-bond acceptors (Lipinski definition) is 3. The number of ether oxygens (including phenoxy) is 1. The lowest BCUT2D eigenvalue weighted by atomic mass is 9.96. The lowest BCUT2D eigenvalue weighted by Gasteiger charge is -2.22. The lowest BCUT2D eigenvalue weighted by molar-refractivity contribution is -0.274. The van der Waals surface area contributed by atoms with E-state index in [9.17, 15) is 22.8 Å². The minimum atomic E-state index is -4.86. The van der Waals surface area contributed by atoms with Crippen LogP contribution in [0.1, 0.15) is 32.1 Å². The van der Waals surface area contributed by atoms with Gasteiger partial charge in [0, 0.05) is 6.04 Å². The van der Waals surface area contributed by atoms with Crippen LogP contribution in [-0.4, -0.2) is 30.9 Å². The van der Waals surface area contributed by atoms with Crippen LogP contribution in [0, 0.1) is 0 Å². The van der Waals surface area contributed by atoms with E-state index >= 15 is 0 Å². The van der Waals surface area contributed by atoms with Gasteiger partial charge in [0.25, 0.3) is 0 Å². The Labute approximate surface area is 143 Å². The Hall–Kier alpha value is -2.45. The van der Waals surface area contributed by atoms with Gasteiger partial charge in [0.2, 0.25) is 5.91 Å². The normalized spacial score (nSPS) is 15.3. The predicted molar refractivity (Wildman–Crippen MR) is 85.2 cm³/mol. The summed E-state index contributed by atoms with van der Waals surface area (Å²) in [5.41, 5.74) is -0.126. The quantitative estimate of drug-likeness (QED) is 0.756. The number of carbonyl (C=O) groups is 2. The average molecular weight is 359 g/mol. The van der Waals surface area contributed by atoms with Crippen LogP contribution < -0.4 is 20.7 Å². The topological polar surface area (TPSA) is 79.5 Å². The molecule has 1 aliphatic carbocycles. The number of urea groups is 1. The van der Waals surface area contributed by atoms with E-state index < -0.39 is 24.1 Å². The van der Waals surface area contributed by atoms with E-state index in [1.807, 2.05) is 0 Å². The number of amides is 3. The summed E-state index contributed by atoms with van der Waals surface area (Å²) in [6.07, 6.45) is 0.215. The van der Waals surface area contributed by atoms with Crippen molar-refractivity contribution in [2.24, 2.45) is 0 Å². The molecule has 3 amide bonds. The molecule has 0 aromatic heterocycles. The fourth-order valence-electron chi connectivity index (χ4n) is 2.62. The van der Waals surface area contributed by atoms with Gasteiger partial charge in [-0.3, -0.25) is 4.79 Å². The second-order valence-corrected chi connectivity index (χ2v) is 5.75. The molecule has 0 bridgehead atoms. The fraction of sp³-hybridized carbons (Fsp3) is 0.500. The Morgan fingerprint density at radius 3 is 2.48 bits per heavy atom. The van der Waals surface area contributed by atoms with Crippen molar-refractivity contribution in [3.05, 3.63) is 24.3 Å². The molecule has 25 heavy (non-hydrogen) atoms. The summed E-state index contributed by atoms with van der Waals surface area (Å²) in [5.74, 6) is -1.17. The maximum atomic E-state index is 12.3. The number of para-hydroxylation sites is 2. The van der Waals surface area contributed by atoms with Crippen molar-refractivity contribution in [2.75, 3.05) is 11.9 Å². The fourth-order valence-corrected chi connectivity index (χ4v) is 2.62. The first-order valence-corrected chi connectivity index (χ1v) is 8.02. The van der Waals surface area contributed by atoms with E-state index in [0.717, 1.165) is 38.2 Å². The van der Waals surface area contributed by atoms with Crippen molar-refractivity contribution >= 4 is 17.6 Å². The zero-order valence-electron chi connectivity index (χ0n) is 13.5. The smallest absolute Gasteiger partial charge is 0.404 e. The van der Waals surface area contributed by atoms with Crippen LogP contribution in [0.4, 0.5) is 23.7 Å². The van der Waals surface area contributed by atoms with Crippen LogP contribution in [0.15, 0.2) is 24.3 Å². The van der Waals surface area contributed by atoms with Crippen LogP contribution in [-0.2, 0) is 4.79 Å². The Kier molecular flexibility index (Phi) is 6.49. The van der Waals surface area contributed by atoms with Gasteiger partial charge in [-0.25, -0.2) is 4.79 Å². The van der Waals surface area contributed by atoms with Crippen molar-refractivity contribution < 1.29 is 27.5 Å². The highest BCUT2D eigenvalue weighted by atomic mass is 19.4. The second kappa shape index (κ2) is 8.59. The molecule has 3 N–H and O–H groups in total. The molecule has 1 aromatic rings.